The van der Waals surface area contributed by atoms with E-state index in [-0.39, 0.29) is 46.6 Å². The maximum atomic E-state index is 14.0. The number of benzene rings is 2. The Morgan fingerprint density at radius 3 is 2.33 bits per heavy atom. The topological polar surface area (TPSA) is 121 Å². The van der Waals surface area contributed by atoms with Gasteiger partial charge in [-0.05, 0) is 77.5 Å². The molecule has 0 saturated carbocycles. The zero-order valence-electron chi connectivity index (χ0n) is 23.4. The zero-order valence-corrected chi connectivity index (χ0v) is 24.9. The lowest BCUT2D eigenvalue weighted by atomic mass is 10.1. The molecule has 3 rings (SSSR count). The van der Waals surface area contributed by atoms with Gasteiger partial charge in [-0.1, -0.05) is 41.4 Å². The van der Waals surface area contributed by atoms with Crippen LogP contribution in [0.4, 0.5) is 16.2 Å². The maximum Gasteiger partial charge on any atom is 0.437 e. The predicted molar refractivity (Wildman–Crippen MR) is 159 cm³/mol. The van der Waals surface area contributed by atoms with Gasteiger partial charge in [0.05, 0.1) is 28.8 Å². The van der Waals surface area contributed by atoms with Crippen molar-refractivity contribution in [2.75, 3.05) is 37.4 Å². The first-order valence-corrected chi connectivity index (χ1v) is 13.6. The minimum atomic E-state index is -0.913. The summed E-state index contributed by atoms with van der Waals surface area (Å²) < 4.78 is 5.28. The second-order valence-corrected chi connectivity index (χ2v) is 11.6. The van der Waals surface area contributed by atoms with Gasteiger partial charge in [0.25, 0.3) is 5.91 Å². The van der Waals surface area contributed by atoms with Gasteiger partial charge in [0, 0.05) is 12.2 Å². The quantitative estimate of drug-likeness (QED) is 0.353. The van der Waals surface area contributed by atoms with Gasteiger partial charge in [-0.2, -0.15) is 0 Å². The number of halogens is 2. The molecule has 1 fully saturated rings. The highest BCUT2D eigenvalue weighted by atomic mass is 35.5. The van der Waals surface area contributed by atoms with Crippen molar-refractivity contribution in [1.29, 1.82) is 0 Å². The van der Waals surface area contributed by atoms with Gasteiger partial charge < -0.3 is 25.6 Å². The minimum absolute atomic E-state index is 0.0680. The van der Waals surface area contributed by atoms with E-state index in [0.29, 0.717) is 18.5 Å². The number of nitrogens with one attached hydrogen (secondary N) is 1. The lowest BCUT2D eigenvalue weighted by Gasteiger charge is -2.31. The molecule has 0 aromatic heterocycles. The number of rotatable bonds is 7. The Kier molecular flexibility index (Phi) is 10.4. The second-order valence-electron chi connectivity index (χ2n) is 10.8. The fraction of sp³-hybridized carbons (Fsp3) is 0.429. The molecule has 1 heterocycles. The highest BCUT2D eigenvalue weighted by molar-refractivity contribution is 6.39. The van der Waals surface area contributed by atoms with Crippen LogP contribution in [-0.4, -0.2) is 72.5 Å². The first-order chi connectivity index (χ1) is 18.7. The van der Waals surface area contributed by atoms with Crippen LogP contribution in [0.3, 0.4) is 0 Å². The van der Waals surface area contributed by atoms with Crippen molar-refractivity contribution in [3.05, 3.63) is 58.1 Å². The molecule has 1 saturated heterocycles. The molecule has 216 valence electrons. The highest BCUT2D eigenvalue weighted by Gasteiger charge is 2.36. The number of anilines is 2. The number of guanidine groups is 1. The molecule has 12 heteroatoms. The molecular weight excluding hydrogens is 555 g/mol. The molecule has 1 atom stereocenters. The predicted octanol–water partition coefficient (Wildman–Crippen LogP) is 4.74. The van der Waals surface area contributed by atoms with E-state index in [1.54, 1.807) is 51.9 Å². The molecule has 1 aliphatic rings. The Balaban J connectivity index is 1.93. The first kappa shape index (κ1) is 31.2. The number of nitrogens with two attached hydrogens (primary N) is 1. The largest absolute Gasteiger partial charge is 0.442 e. The zero-order chi connectivity index (χ0) is 29.6. The average Bonchev–Trinajstić information content (AvgIpc) is 3.33. The van der Waals surface area contributed by atoms with E-state index in [4.69, 9.17) is 33.7 Å². The summed E-state index contributed by atoms with van der Waals surface area (Å²) in [5, 5.41) is 3.09. The maximum absolute atomic E-state index is 14.0. The van der Waals surface area contributed by atoms with Crippen molar-refractivity contribution in [3.63, 3.8) is 0 Å². The van der Waals surface area contributed by atoms with Crippen LogP contribution in [0.15, 0.2) is 47.5 Å². The fourth-order valence-electron chi connectivity index (χ4n) is 4.33. The van der Waals surface area contributed by atoms with Crippen molar-refractivity contribution in [2.24, 2.45) is 10.7 Å². The SMILES string of the molecule is CN(C)CC(=O)Nc1c(Cl)cc(CN(C(=O)[C@@H]2CCCN2c2ccccc2)C(N)=NC(=O)OC(C)(C)C)cc1Cl. The van der Waals surface area contributed by atoms with Gasteiger partial charge in [-0.15, -0.1) is 4.99 Å². The summed E-state index contributed by atoms with van der Waals surface area (Å²) >= 11 is 13.0. The van der Waals surface area contributed by atoms with Crippen LogP contribution in [-0.2, 0) is 20.9 Å². The number of para-hydroxylation sites is 1. The number of aliphatic imine (C=N–C) groups is 1. The van der Waals surface area contributed by atoms with Gasteiger partial charge in [0.2, 0.25) is 11.9 Å². The van der Waals surface area contributed by atoms with E-state index in [0.717, 1.165) is 12.1 Å². The lowest BCUT2D eigenvalue weighted by Crippen LogP contribution is -2.50. The lowest BCUT2D eigenvalue weighted by molar-refractivity contribution is -0.129. The van der Waals surface area contributed by atoms with Gasteiger partial charge >= 0.3 is 6.09 Å². The minimum Gasteiger partial charge on any atom is -0.442 e. The monoisotopic (exact) mass is 590 g/mol. The van der Waals surface area contributed by atoms with Crippen LogP contribution in [0, 0.1) is 0 Å². The third-order valence-electron chi connectivity index (χ3n) is 5.93. The van der Waals surface area contributed by atoms with Gasteiger partial charge in [-0.3, -0.25) is 14.5 Å². The Hall–Kier alpha value is -3.34. The summed E-state index contributed by atoms with van der Waals surface area (Å²) in [5.74, 6) is -0.925. The number of amides is 3. The number of carbonyl (C=O) groups is 3. The van der Waals surface area contributed by atoms with Crippen molar-refractivity contribution >= 4 is 58.4 Å². The number of carbonyl (C=O) groups excluding carboxylic acids is 3. The van der Waals surface area contributed by atoms with Crippen LogP contribution in [0.1, 0.15) is 39.2 Å². The molecule has 2 aromatic carbocycles. The van der Waals surface area contributed by atoms with E-state index >= 15 is 0 Å². The summed E-state index contributed by atoms with van der Waals surface area (Å²) in [7, 11) is 3.54. The Morgan fingerprint density at radius 2 is 1.75 bits per heavy atom. The summed E-state index contributed by atoms with van der Waals surface area (Å²) in [6, 6.07) is 12.3. The molecule has 10 nitrogen and oxygen atoms in total. The number of likely N-dealkylation sites (N-methyl/N-ethyl adjacent to an activating group) is 1. The van der Waals surface area contributed by atoms with Gasteiger partial charge in [-0.25, -0.2) is 4.79 Å². The van der Waals surface area contributed by atoms with Crippen molar-refractivity contribution < 1.29 is 19.1 Å². The smallest absolute Gasteiger partial charge is 0.437 e. The molecule has 0 radical (unpaired) electrons. The molecular formula is C28H36Cl2N6O4. The Morgan fingerprint density at radius 1 is 1.12 bits per heavy atom. The molecule has 3 N–H and O–H groups in total. The van der Waals surface area contributed by atoms with E-state index in [1.165, 1.54) is 4.90 Å². The van der Waals surface area contributed by atoms with E-state index < -0.39 is 17.7 Å². The molecule has 0 unspecified atom stereocenters. The number of hydrogen-bond donors (Lipinski definition) is 2. The van der Waals surface area contributed by atoms with Crippen LogP contribution in [0.5, 0.6) is 0 Å². The third kappa shape index (κ3) is 8.58. The van der Waals surface area contributed by atoms with Gasteiger partial charge in [0.15, 0.2) is 0 Å². The normalized spacial score (nSPS) is 15.8. The van der Waals surface area contributed by atoms with Crippen molar-refractivity contribution in [2.45, 2.75) is 51.8 Å². The molecule has 2 aromatic rings. The average molecular weight is 592 g/mol. The molecule has 0 spiro atoms. The standard InChI is InChI=1S/C28H36Cl2N6O4/c1-28(2,3)40-27(39)33-26(31)36(25(38)22-12-9-13-35(22)19-10-7-6-8-11-19)16-18-14-20(29)24(21(30)15-18)32-23(37)17-34(4)5/h6-8,10-11,14-15,22H,9,12-13,16-17H2,1-5H3,(H,32,37)(H2,31,33,39)/t22-/m0/s1. The van der Waals surface area contributed by atoms with Gasteiger partial charge in [0.1, 0.15) is 11.6 Å². The van der Waals surface area contributed by atoms with Crippen LogP contribution in [0.2, 0.25) is 10.0 Å². The van der Waals surface area contributed by atoms with E-state index in [9.17, 15) is 14.4 Å². The van der Waals surface area contributed by atoms with E-state index in [2.05, 4.69) is 10.3 Å². The molecule has 40 heavy (non-hydrogen) atoms. The first-order valence-electron chi connectivity index (χ1n) is 12.9. The summed E-state index contributed by atoms with van der Waals surface area (Å²) in [6.07, 6.45) is 0.493. The molecule has 0 bridgehead atoms. The molecule has 3 amide bonds. The highest BCUT2D eigenvalue weighted by Crippen LogP contribution is 2.33. The Bertz CT molecular complexity index is 1240. The molecule has 0 aliphatic carbocycles. The van der Waals surface area contributed by atoms with Crippen LogP contribution >= 0.6 is 23.2 Å². The van der Waals surface area contributed by atoms with Crippen molar-refractivity contribution in [1.82, 2.24) is 9.80 Å². The number of nitrogens with zero attached hydrogens (tertiary/aromatic N) is 4. The van der Waals surface area contributed by atoms with Crippen LogP contribution in [0.25, 0.3) is 0 Å². The summed E-state index contributed by atoms with van der Waals surface area (Å²) in [6.45, 7) is 5.89. The fourth-order valence-corrected chi connectivity index (χ4v) is 4.95. The van der Waals surface area contributed by atoms with Crippen molar-refractivity contribution in [3.8, 4) is 0 Å². The van der Waals surface area contributed by atoms with Crippen LogP contribution < -0.4 is 16.0 Å². The molecule has 1 aliphatic heterocycles. The Labute approximate surface area is 245 Å². The van der Waals surface area contributed by atoms with E-state index in [1.807, 2.05) is 35.2 Å². The summed E-state index contributed by atoms with van der Waals surface area (Å²) in [5.41, 5.74) is 7.17. The second kappa shape index (κ2) is 13.3. The summed E-state index contributed by atoms with van der Waals surface area (Å²) in [4.78, 5) is 47.5. The number of ether oxygens (including phenoxy) is 1. The number of hydrogen-bond acceptors (Lipinski definition) is 6. The third-order valence-corrected chi connectivity index (χ3v) is 6.53.